The summed E-state index contributed by atoms with van der Waals surface area (Å²) in [6.45, 7) is 0. The van der Waals surface area contributed by atoms with Crippen molar-refractivity contribution < 1.29 is 47.2 Å². The van der Waals surface area contributed by atoms with Crippen LogP contribution in [0.15, 0.2) is 24.3 Å². The van der Waals surface area contributed by atoms with E-state index in [9.17, 15) is 33.0 Å². The number of fused-ring (bicyclic) bond motifs is 3. The van der Waals surface area contributed by atoms with E-state index in [1.54, 1.807) is 0 Å². The van der Waals surface area contributed by atoms with E-state index in [4.69, 9.17) is 16.3 Å². The first-order valence-electron chi connectivity index (χ1n) is 7.81. The molecule has 0 aromatic heterocycles. The zero-order valence-corrected chi connectivity index (χ0v) is 15.5. The number of carbonyl (C=O) groups is 2. The SMILES string of the molecule is COC(=O)c1cc2c(c(C(=O)OC)c1O)-c1cc(Cl)ccc1OC2(O)C(F)(F)F. The summed E-state index contributed by atoms with van der Waals surface area (Å²) >= 11 is 5.92. The van der Waals surface area contributed by atoms with Gasteiger partial charge in [0.25, 0.3) is 0 Å². The normalized spacial score (nSPS) is 17.6. The van der Waals surface area contributed by atoms with E-state index in [1.165, 1.54) is 12.1 Å². The molecule has 1 unspecified atom stereocenters. The Morgan fingerprint density at radius 3 is 2.31 bits per heavy atom. The fourth-order valence-corrected chi connectivity index (χ4v) is 3.17. The fourth-order valence-electron chi connectivity index (χ4n) is 3.00. The lowest BCUT2D eigenvalue weighted by atomic mass is 9.84. The van der Waals surface area contributed by atoms with Crippen molar-refractivity contribution in [1.29, 1.82) is 0 Å². The topological polar surface area (TPSA) is 102 Å². The van der Waals surface area contributed by atoms with Gasteiger partial charge >= 0.3 is 23.9 Å². The summed E-state index contributed by atoms with van der Waals surface area (Å²) in [6, 6.07) is 3.99. The Bertz CT molecular complexity index is 1040. The van der Waals surface area contributed by atoms with Crippen LogP contribution in [0.2, 0.25) is 5.02 Å². The third-order valence-electron chi connectivity index (χ3n) is 4.31. The molecule has 0 saturated heterocycles. The van der Waals surface area contributed by atoms with Gasteiger partial charge in [-0.2, -0.15) is 13.2 Å². The van der Waals surface area contributed by atoms with Crippen molar-refractivity contribution in [3.05, 3.63) is 46.0 Å². The minimum atomic E-state index is -5.39. The van der Waals surface area contributed by atoms with Crippen molar-refractivity contribution in [3.8, 4) is 22.6 Å². The minimum absolute atomic E-state index is 0.0723. The molecule has 1 heterocycles. The molecule has 7 nitrogen and oxygen atoms in total. The molecule has 2 aromatic rings. The summed E-state index contributed by atoms with van der Waals surface area (Å²) in [5, 5.41) is 21.0. The van der Waals surface area contributed by atoms with Crippen molar-refractivity contribution in [2.75, 3.05) is 14.2 Å². The molecule has 29 heavy (non-hydrogen) atoms. The van der Waals surface area contributed by atoms with E-state index in [-0.39, 0.29) is 10.6 Å². The molecule has 154 valence electrons. The molecule has 0 aliphatic carbocycles. The Balaban J connectivity index is 2.55. The van der Waals surface area contributed by atoms with Crippen LogP contribution in [0.4, 0.5) is 13.2 Å². The second-order valence-electron chi connectivity index (χ2n) is 5.94. The standard InChI is InChI=1S/C18H12ClF3O7/c1-27-15(24)9-6-10-12(13(14(9)23)16(25)28-2)8-5-7(19)3-4-11(8)29-17(10,26)18(20,21)22/h3-6,23,26H,1-2H3. The van der Waals surface area contributed by atoms with E-state index < -0.39 is 57.7 Å². The van der Waals surface area contributed by atoms with Crippen molar-refractivity contribution in [1.82, 2.24) is 0 Å². The number of carbonyl (C=O) groups excluding carboxylic acids is 2. The van der Waals surface area contributed by atoms with Crippen LogP contribution in [0.25, 0.3) is 11.1 Å². The van der Waals surface area contributed by atoms with Crippen molar-refractivity contribution >= 4 is 23.5 Å². The van der Waals surface area contributed by atoms with E-state index >= 15 is 0 Å². The number of aliphatic hydroxyl groups is 1. The number of alkyl halides is 3. The molecule has 1 aliphatic rings. The molecule has 11 heteroatoms. The summed E-state index contributed by atoms with van der Waals surface area (Å²) in [5.74, 6) is -7.90. The van der Waals surface area contributed by atoms with Gasteiger partial charge in [0.1, 0.15) is 22.6 Å². The number of ether oxygens (including phenoxy) is 3. The van der Waals surface area contributed by atoms with Gasteiger partial charge in [0, 0.05) is 21.7 Å². The second kappa shape index (κ2) is 6.82. The van der Waals surface area contributed by atoms with Gasteiger partial charge in [-0.15, -0.1) is 0 Å². The third kappa shape index (κ3) is 3.04. The second-order valence-corrected chi connectivity index (χ2v) is 6.37. The number of benzene rings is 2. The predicted octanol–water partition coefficient (Wildman–Crippen LogP) is 3.39. The van der Waals surface area contributed by atoms with E-state index in [0.717, 1.165) is 20.3 Å². The average Bonchev–Trinajstić information content (AvgIpc) is 2.66. The summed E-state index contributed by atoms with van der Waals surface area (Å²) in [7, 11) is 1.84. The lowest BCUT2D eigenvalue weighted by Crippen LogP contribution is -2.49. The highest BCUT2D eigenvalue weighted by Gasteiger charge is 2.62. The smallest absolute Gasteiger partial charge is 0.460 e. The Kier molecular flexibility index (Phi) is 4.88. The molecule has 0 fully saturated rings. The highest BCUT2D eigenvalue weighted by atomic mass is 35.5. The Morgan fingerprint density at radius 2 is 1.76 bits per heavy atom. The maximum Gasteiger partial charge on any atom is 0.460 e. The van der Waals surface area contributed by atoms with Crippen LogP contribution in [-0.2, 0) is 15.3 Å². The number of aromatic hydroxyl groups is 1. The fraction of sp³-hybridized carbons (Fsp3) is 0.222. The Hall–Kier alpha value is -2.98. The third-order valence-corrected chi connectivity index (χ3v) is 4.55. The minimum Gasteiger partial charge on any atom is -0.506 e. The number of phenols is 1. The van der Waals surface area contributed by atoms with Gasteiger partial charge < -0.3 is 24.4 Å². The number of hydrogen-bond donors (Lipinski definition) is 2. The quantitative estimate of drug-likeness (QED) is 0.701. The number of phenolic OH excluding ortho intramolecular Hbond substituents is 1. The van der Waals surface area contributed by atoms with Gasteiger partial charge in [-0.3, -0.25) is 0 Å². The lowest BCUT2D eigenvalue weighted by molar-refractivity contribution is -0.345. The van der Waals surface area contributed by atoms with E-state index in [2.05, 4.69) is 9.47 Å². The number of esters is 2. The number of halogens is 4. The molecular weight excluding hydrogens is 421 g/mol. The Labute approximate surface area is 166 Å². The van der Waals surface area contributed by atoms with Gasteiger partial charge in [-0.25, -0.2) is 9.59 Å². The first kappa shape index (κ1) is 20.7. The molecule has 1 atom stereocenters. The molecule has 3 rings (SSSR count). The number of methoxy groups -OCH3 is 2. The van der Waals surface area contributed by atoms with Gasteiger partial charge in [-0.1, -0.05) is 11.6 Å². The van der Waals surface area contributed by atoms with Crippen LogP contribution in [0.5, 0.6) is 11.5 Å². The van der Waals surface area contributed by atoms with Crippen LogP contribution < -0.4 is 4.74 Å². The molecule has 2 N–H and O–H groups in total. The molecule has 0 bridgehead atoms. The molecule has 0 saturated carbocycles. The zero-order valence-electron chi connectivity index (χ0n) is 14.8. The van der Waals surface area contributed by atoms with Gasteiger partial charge in [0.05, 0.1) is 14.2 Å². The van der Waals surface area contributed by atoms with Gasteiger partial charge in [0.15, 0.2) is 0 Å². The Morgan fingerprint density at radius 1 is 1.14 bits per heavy atom. The number of rotatable bonds is 2. The van der Waals surface area contributed by atoms with Gasteiger partial charge in [-0.05, 0) is 24.3 Å². The zero-order chi connectivity index (χ0) is 21.7. The van der Waals surface area contributed by atoms with Gasteiger partial charge in [0.2, 0.25) is 0 Å². The first-order valence-corrected chi connectivity index (χ1v) is 8.19. The molecule has 1 aliphatic heterocycles. The average molecular weight is 433 g/mol. The number of hydrogen-bond acceptors (Lipinski definition) is 7. The maximum absolute atomic E-state index is 13.8. The summed E-state index contributed by atoms with van der Waals surface area (Å²) in [4.78, 5) is 24.3. The van der Waals surface area contributed by atoms with Crippen molar-refractivity contribution in [2.45, 2.75) is 12.0 Å². The molecular formula is C18H12ClF3O7. The predicted molar refractivity (Wildman–Crippen MR) is 91.8 cm³/mol. The summed E-state index contributed by atoms with van der Waals surface area (Å²) in [6.07, 6.45) is -5.39. The molecule has 0 amide bonds. The maximum atomic E-state index is 13.8. The monoisotopic (exact) mass is 432 g/mol. The van der Waals surface area contributed by atoms with Crippen LogP contribution in [0.1, 0.15) is 26.3 Å². The first-order chi connectivity index (χ1) is 13.5. The van der Waals surface area contributed by atoms with E-state index in [0.29, 0.717) is 6.07 Å². The van der Waals surface area contributed by atoms with Crippen LogP contribution in [0.3, 0.4) is 0 Å². The highest BCUT2D eigenvalue weighted by Crippen LogP contribution is 2.54. The molecule has 0 radical (unpaired) electrons. The summed E-state index contributed by atoms with van der Waals surface area (Å²) in [5.41, 5.74) is -3.29. The van der Waals surface area contributed by atoms with Crippen LogP contribution in [-0.4, -0.2) is 42.5 Å². The van der Waals surface area contributed by atoms with Crippen LogP contribution in [0, 0.1) is 0 Å². The highest BCUT2D eigenvalue weighted by molar-refractivity contribution is 6.31. The summed E-state index contributed by atoms with van der Waals surface area (Å²) < 4.78 is 55.3. The molecule has 2 aromatic carbocycles. The van der Waals surface area contributed by atoms with E-state index in [1.807, 2.05) is 0 Å². The van der Waals surface area contributed by atoms with Crippen LogP contribution >= 0.6 is 11.6 Å². The largest absolute Gasteiger partial charge is 0.506 e. The van der Waals surface area contributed by atoms with Crippen molar-refractivity contribution in [3.63, 3.8) is 0 Å². The van der Waals surface area contributed by atoms with Crippen molar-refractivity contribution in [2.24, 2.45) is 0 Å². The lowest BCUT2D eigenvalue weighted by Gasteiger charge is -2.37. The molecule has 0 spiro atoms.